The van der Waals surface area contributed by atoms with Gasteiger partial charge in [-0.25, -0.2) is 13.2 Å². The molecule has 244 valence electrons. The molecule has 3 aromatic carbocycles. The monoisotopic (exact) mass is 668 g/mol. The first-order valence-corrected chi connectivity index (χ1v) is 17.0. The number of hydrogen-bond acceptors (Lipinski definition) is 9. The molecule has 2 amide bonds. The number of anilines is 1. The van der Waals surface area contributed by atoms with E-state index in [0.29, 0.717) is 42.3 Å². The van der Waals surface area contributed by atoms with E-state index in [0.717, 1.165) is 25.9 Å². The van der Waals surface area contributed by atoms with E-state index < -0.39 is 27.6 Å². The van der Waals surface area contributed by atoms with E-state index >= 15 is 0 Å². The molecular formula is C33H37ClN4O7S. The van der Waals surface area contributed by atoms with E-state index in [4.69, 9.17) is 25.8 Å². The number of sulfonamides is 1. The first-order chi connectivity index (χ1) is 22.1. The summed E-state index contributed by atoms with van der Waals surface area (Å²) in [6, 6.07) is 17.3. The number of amides is 2. The van der Waals surface area contributed by atoms with Crippen LogP contribution in [0.5, 0.6) is 11.5 Å². The number of halogens is 1. The molecule has 6 rings (SSSR count). The molecule has 0 aliphatic carbocycles. The van der Waals surface area contributed by atoms with Gasteiger partial charge >= 0.3 is 6.09 Å². The SMILES string of the molecule is COc1ccc(S(=O)(=O)N2C(=O)C(OC(=O)N3CCN(C4CCN(C)CC4)CC3)(c3ccccc3OC)c3c(Cl)cccc32)cc1. The topological polar surface area (TPSA) is 109 Å². The molecule has 2 saturated heterocycles. The molecule has 11 nitrogen and oxygen atoms in total. The number of carbonyl (C=O) groups is 2. The molecule has 3 aromatic rings. The number of ether oxygens (including phenoxy) is 3. The van der Waals surface area contributed by atoms with Crippen molar-refractivity contribution in [2.24, 2.45) is 0 Å². The number of carbonyl (C=O) groups excluding carboxylic acids is 2. The Balaban J connectivity index is 1.40. The van der Waals surface area contributed by atoms with E-state index in [2.05, 4.69) is 16.8 Å². The van der Waals surface area contributed by atoms with Gasteiger partial charge in [-0.2, -0.15) is 4.31 Å². The van der Waals surface area contributed by atoms with Crippen molar-refractivity contribution < 1.29 is 32.2 Å². The lowest BCUT2D eigenvalue weighted by Crippen LogP contribution is -2.55. The van der Waals surface area contributed by atoms with E-state index in [9.17, 15) is 18.0 Å². The number of rotatable bonds is 7. The predicted molar refractivity (Wildman–Crippen MR) is 173 cm³/mol. The van der Waals surface area contributed by atoms with Gasteiger partial charge in [0.25, 0.3) is 21.5 Å². The Bertz CT molecular complexity index is 1720. The molecule has 1 unspecified atom stereocenters. The van der Waals surface area contributed by atoms with E-state index in [1.54, 1.807) is 35.2 Å². The Morgan fingerprint density at radius 3 is 2.20 bits per heavy atom. The molecule has 0 radical (unpaired) electrons. The molecule has 46 heavy (non-hydrogen) atoms. The lowest BCUT2D eigenvalue weighted by Gasteiger charge is -2.42. The third-order valence-corrected chi connectivity index (χ3v) is 11.2. The van der Waals surface area contributed by atoms with Crippen LogP contribution in [0.3, 0.4) is 0 Å². The van der Waals surface area contributed by atoms with Crippen molar-refractivity contribution >= 4 is 39.3 Å². The summed E-state index contributed by atoms with van der Waals surface area (Å²) in [5.41, 5.74) is -2.08. The number of methoxy groups -OCH3 is 2. The average molecular weight is 669 g/mol. The van der Waals surface area contributed by atoms with Gasteiger partial charge in [-0.3, -0.25) is 9.69 Å². The van der Waals surface area contributed by atoms with Crippen molar-refractivity contribution in [3.05, 3.63) is 82.9 Å². The summed E-state index contributed by atoms with van der Waals surface area (Å²) >= 11 is 6.80. The maximum Gasteiger partial charge on any atom is 0.411 e. The van der Waals surface area contributed by atoms with Crippen LogP contribution in [0.15, 0.2) is 71.6 Å². The summed E-state index contributed by atoms with van der Waals surface area (Å²) in [4.78, 5) is 35.1. The first-order valence-electron chi connectivity index (χ1n) is 15.2. The molecule has 0 N–H and O–H groups in total. The molecule has 2 fully saturated rings. The lowest BCUT2D eigenvalue weighted by molar-refractivity contribution is -0.132. The molecule has 0 saturated carbocycles. The fraction of sp³-hybridized carbons (Fsp3) is 0.394. The summed E-state index contributed by atoms with van der Waals surface area (Å²) < 4.78 is 46.2. The van der Waals surface area contributed by atoms with Gasteiger partial charge in [-0.15, -0.1) is 0 Å². The van der Waals surface area contributed by atoms with Crippen molar-refractivity contribution in [2.75, 3.05) is 64.8 Å². The zero-order valence-corrected chi connectivity index (χ0v) is 27.6. The second-order valence-corrected chi connectivity index (χ2v) is 13.9. The van der Waals surface area contributed by atoms with Crippen LogP contribution in [0, 0.1) is 0 Å². The number of nitrogens with zero attached hydrogens (tertiary/aromatic N) is 4. The van der Waals surface area contributed by atoms with Crippen LogP contribution in [-0.4, -0.2) is 102 Å². The van der Waals surface area contributed by atoms with E-state index in [1.807, 2.05) is 0 Å². The van der Waals surface area contributed by atoms with Gasteiger partial charge < -0.3 is 24.0 Å². The van der Waals surface area contributed by atoms with E-state index in [1.165, 1.54) is 50.6 Å². The zero-order chi connectivity index (χ0) is 32.6. The van der Waals surface area contributed by atoms with Crippen LogP contribution >= 0.6 is 11.6 Å². The molecular weight excluding hydrogens is 632 g/mol. The molecule has 3 aliphatic heterocycles. The van der Waals surface area contributed by atoms with Crippen LogP contribution in [0.25, 0.3) is 0 Å². The van der Waals surface area contributed by atoms with Gasteiger partial charge in [-0.1, -0.05) is 35.9 Å². The van der Waals surface area contributed by atoms with Crippen LogP contribution < -0.4 is 13.8 Å². The van der Waals surface area contributed by atoms with Gasteiger partial charge in [0.15, 0.2) is 0 Å². The van der Waals surface area contributed by atoms with Crippen LogP contribution in [0.2, 0.25) is 5.02 Å². The third kappa shape index (κ3) is 5.46. The maximum absolute atomic E-state index is 14.9. The van der Waals surface area contributed by atoms with Crippen molar-refractivity contribution in [3.8, 4) is 11.5 Å². The fourth-order valence-corrected chi connectivity index (χ4v) is 8.39. The maximum atomic E-state index is 14.9. The lowest BCUT2D eigenvalue weighted by atomic mass is 9.86. The highest BCUT2D eigenvalue weighted by Crippen LogP contribution is 2.54. The van der Waals surface area contributed by atoms with Crippen molar-refractivity contribution in [1.82, 2.24) is 14.7 Å². The van der Waals surface area contributed by atoms with Crippen LogP contribution in [0.4, 0.5) is 10.5 Å². The minimum Gasteiger partial charge on any atom is -0.497 e. The Labute approximate surface area is 274 Å². The Morgan fingerprint density at radius 1 is 0.870 bits per heavy atom. The minimum atomic E-state index is -4.51. The molecule has 0 spiro atoms. The van der Waals surface area contributed by atoms with Gasteiger partial charge in [-0.05, 0) is 75.4 Å². The van der Waals surface area contributed by atoms with Crippen molar-refractivity contribution in [3.63, 3.8) is 0 Å². The second kappa shape index (κ2) is 12.7. The van der Waals surface area contributed by atoms with Crippen LogP contribution in [0.1, 0.15) is 24.0 Å². The smallest absolute Gasteiger partial charge is 0.411 e. The molecule has 0 bridgehead atoms. The van der Waals surface area contributed by atoms with E-state index in [-0.39, 0.29) is 32.5 Å². The van der Waals surface area contributed by atoms with Crippen molar-refractivity contribution in [1.29, 1.82) is 0 Å². The standard InChI is InChI=1S/C33H37ClN4O7S/c1-35-17-15-23(16-18-35)36-19-21-37(22-20-36)32(40)45-33(26-7-4-5-10-29(26)44-3)30-27(34)8-6-9-28(30)38(31(33)39)46(41,42)25-13-11-24(43-2)12-14-25/h4-14,23H,15-22H2,1-3H3. The third-order valence-electron chi connectivity index (χ3n) is 9.15. The number of piperazine rings is 1. The Hall–Kier alpha value is -3.84. The summed E-state index contributed by atoms with van der Waals surface area (Å²) in [6.07, 6.45) is 1.39. The summed E-state index contributed by atoms with van der Waals surface area (Å²) in [5.74, 6) is -0.331. The number of piperidine rings is 1. The highest BCUT2D eigenvalue weighted by molar-refractivity contribution is 7.93. The number of hydrogen-bond donors (Lipinski definition) is 0. The molecule has 1 atom stereocenters. The molecule has 0 aromatic heterocycles. The molecule has 3 aliphatic rings. The summed E-state index contributed by atoms with van der Waals surface area (Å²) in [6.45, 7) is 4.18. The Kier molecular flexibility index (Phi) is 8.90. The number of likely N-dealkylation sites (tertiary alicyclic amines) is 1. The quantitative estimate of drug-likeness (QED) is 0.366. The predicted octanol–water partition coefficient (Wildman–Crippen LogP) is 4.18. The van der Waals surface area contributed by atoms with Gasteiger partial charge in [0.2, 0.25) is 0 Å². The summed E-state index contributed by atoms with van der Waals surface area (Å²) in [7, 11) is 0.507. The average Bonchev–Trinajstić information content (AvgIpc) is 3.34. The number of para-hydroxylation sites is 1. The fourth-order valence-electron chi connectivity index (χ4n) is 6.64. The summed E-state index contributed by atoms with van der Waals surface area (Å²) in [5, 5.41) is 0.0593. The number of fused-ring (bicyclic) bond motifs is 1. The highest BCUT2D eigenvalue weighted by Gasteiger charge is 2.61. The van der Waals surface area contributed by atoms with Crippen LogP contribution in [-0.2, 0) is 25.2 Å². The van der Waals surface area contributed by atoms with Crippen molar-refractivity contribution in [2.45, 2.75) is 29.4 Å². The Morgan fingerprint density at radius 2 is 1.54 bits per heavy atom. The molecule has 13 heteroatoms. The minimum absolute atomic E-state index is 0.0147. The largest absolute Gasteiger partial charge is 0.497 e. The zero-order valence-electron chi connectivity index (χ0n) is 26.0. The second-order valence-electron chi connectivity index (χ2n) is 11.7. The van der Waals surface area contributed by atoms with Gasteiger partial charge in [0, 0.05) is 32.2 Å². The molecule has 3 heterocycles. The van der Waals surface area contributed by atoms with Gasteiger partial charge in [0.05, 0.1) is 41.0 Å². The highest BCUT2D eigenvalue weighted by atomic mass is 35.5. The van der Waals surface area contributed by atoms with Gasteiger partial charge in [0.1, 0.15) is 11.5 Å². The first kappa shape index (κ1) is 32.1. The normalized spacial score (nSPS) is 21.3. The number of benzene rings is 3.